The maximum atomic E-state index is 11.4. The van der Waals surface area contributed by atoms with Gasteiger partial charge in [-0.05, 0) is 47.0 Å². The number of halogens is 1. The van der Waals surface area contributed by atoms with E-state index in [0.29, 0.717) is 11.6 Å². The monoisotopic (exact) mass is 348 g/mol. The summed E-state index contributed by atoms with van der Waals surface area (Å²) in [6.45, 7) is 0. The molecule has 0 spiro atoms. The molecule has 1 aromatic heterocycles. The van der Waals surface area contributed by atoms with Crippen LogP contribution in [0.15, 0.2) is 28.9 Å². The van der Waals surface area contributed by atoms with Crippen LogP contribution < -0.4 is 4.74 Å². The summed E-state index contributed by atoms with van der Waals surface area (Å²) < 4.78 is 8.04. The fraction of sp³-hybridized carbons (Fsp3) is 0.375. The molecule has 1 aromatic carbocycles. The number of methoxy groups -OCH3 is 1. The molecular weight excluding hydrogens is 332 g/mol. The summed E-state index contributed by atoms with van der Waals surface area (Å²) in [5, 5.41) is 4.66. The number of aromatic nitrogens is 2. The number of carbonyl (C=O) groups is 1. The van der Waals surface area contributed by atoms with Gasteiger partial charge in [0.25, 0.3) is 0 Å². The summed E-state index contributed by atoms with van der Waals surface area (Å²) in [4.78, 5) is 11.4. The Balaban J connectivity index is 2.02. The van der Waals surface area contributed by atoms with Crippen LogP contribution in [0.1, 0.15) is 42.1 Å². The van der Waals surface area contributed by atoms with E-state index in [4.69, 9.17) is 4.74 Å². The normalized spacial score (nSPS) is 15.3. The second kappa shape index (κ2) is 6.02. The highest BCUT2D eigenvalue weighted by Crippen LogP contribution is 2.35. The molecule has 0 atom stereocenters. The van der Waals surface area contributed by atoms with E-state index in [1.165, 1.54) is 12.8 Å². The van der Waals surface area contributed by atoms with Gasteiger partial charge in [-0.1, -0.05) is 12.8 Å². The minimum Gasteiger partial charge on any atom is -0.497 e. The SMILES string of the molecule is COc1ccc(-c2nn(C3CCCC3)cc2C=O)c(Br)c1. The second-order valence-electron chi connectivity index (χ2n) is 5.31. The molecule has 0 amide bonds. The van der Waals surface area contributed by atoms with E-state index >= 15 is 0 Å². The molecule has 0 N–H and O–H groups in total. The van der Waals surface area contributed by atoms with E-state index in [0.717, 1.165) is 40.6 Å². The predicted molar refractivity (Wildman–Crippen MR) is 84.8 cm³/mol. The standard InChI is InChI=1S/C16H17BrN2O2/c1-21-13-6-7-14(15(17)8-13)16-11(10-20)9-19(18-16)12-4-2-3-5-12/h6-10,12H,2-5H2,1H3. The van der Waals surface area contributed by atoms with Gasteiger partial charge in [0, 0.05) is 16.2 Å². The van der Waals surface area contributed by atoms with Crippen molar-refractivity contribution in [3.05, 3.63) is 34.4 Å². The van der Waals surface area contributed by atoms with E-state index in [1.807, 2.05) is 29.1 Å². The van der Waals surface area contributed by atoms with Crippen molar-refractivity contribution in [1.29, 1.82) is 0 Å². The van der Waals surface area contributed by atoms with Crippen molar-refractivity contribution in [2.45, 2.75) is 31.7 Å². The Morgan fingerprint density at radius 3 is 2.76 bits per heavy atom. The lowest BCUT2D eigenvalue weighted by molar-refractivity contribution is 0.112. The number of nitrogens with zero attached hydrogens (tertiary/aromatic N) is 2. The van der Waals surface area contributed by atoms with E-state index in [1.54, 1.807) is 7.11 Å². The molecule has 0 radical (unpaired) electrons. The van der Waals surface area contributed by atoms with E-state index in [9.17, 15) is 4.79 Å². The third-order valence-corrected chi connectivity index (χ3v) is 4.67. The fourth-order valence-electron chi connectivity index (χ4n) is 2.87. The molecule has 1 heterocycles. The summed E-state index contributed by atoms with van der Waals surface area (Å²) in [5.74, 6) is 0.772. The number of aldehydes is 1. The molecule has 1 aliphatic carbocycles. The minimum absolute atomic E-state index is 0.425. The van der Waals surface area contributed by atoms with Gasteiger partial charge in [-0.2, -0.15) is 5.10 Å². The molecule has 1 aliphatic rings. The highest BCUT2D eigenvalue weighted by atomic mass is 79.9. The Morgan fingerprint density at radius 2 is 2.14 bits per heavy atom. The van der Waals surface area contributed by atoms with Gasteiger partial charge in [-0.25, -0.2) is 0 Å². The molecule has 1 saturated carbocycles. The zero-order chi connectivity index (χ0) is 14.8. The van der Waals surface area contributed by atoms with Crippen molar-refractivity contribution in [2.75, 3.05) is 7.11 Å². The second-order valence-corrected chi connectivity index (χ2v) is 6.17. The van der Waals surface area contributed by atoms with Gasteiger partial charge in [0.05, 0.1) is 18.7 Å². The molecule has 2 aromatic rings. The van der Waals surface area contributed by atoms with Crippen molar-refractivity contribution < 1.29 is 9.53 Å². The van der Waals surface area contributed by atoms with Gasteiger partial charge < -0.3 is 4.74 Å². The van der Waals surface area contributed by atoms with Crippen LogP contribution in [-0.4, -0.2) is 23.2 Å². The third-order valence-electron chi connectivity index (χ3n) is 4.02. The van der Waals surface area contributed by atoms with Crippen LogP contribution >= 0.6 is 15.9 Å². The van der Waals surface area contributed by atoms with Crippen molar-refractivity contribution in [3.63, 3.8) is 0 Å². The molecule has 1 fully saturated rings. The first-order valence-electron chi connectivity index (χ1n) is 7.11. The number of carbonyl (C=O) groups excluding carboxylic acids is 1. The van der Waals surface area contributed by atoms with Crippen LogP contribution in [-0.2, 0) is 0 Å². The topological polar surface area (TPSA) is 44.1 Å². The van der Waals surface area contributed by atoms with Crippen LogP contribution in [0, 0.1) is 0 Å². The molecule has 0 unspecified atom stereocenters. The Hall–Kier alpha value is -1.62. The molecular formula is C16H17BrN2O2. The average Bonchev–Trinajstić information content (AvgIpc) is 3.15. The molecule has 0 aliphatic heterocycles. The van der Waals surface area contributed by atoms with Gasteiger partial charge in [0.2, 0.25) is 0 Å². The average molecular weight is 349 g/mol. The largest absolute Gasteiger partial charge is 0.497 e. The van der Waals surface area contributed by atoms with Crippen molar-refractivity contribution in [3.8, 4) is 17.0 Å². The van der Waals surface area contributed by atoms with E-state index in [-0.39, 0.29) is 0 Å². The van der Waals surface area contributed by atoms with Gasteiger partial charge in [0.1, 0.15) is 11.4 Å². The molecule has 110 valence electrons. The Morgan fingerprint density at radius 1 is 1.38 bits per heavy atom. The predicted octanol–water partition coefficient (Wildman–Crippen LogP) is 4.25. The summed E-state index contributed by atoms with van der Waals surface area (Å²) >= 11 is 3.54. The zero-order valence-electron chi connectivity index (χ0n) is 11.9. The molecule has 0 saturated heterocycles. The lowest BCUT2D eigenvalue weighted by Gasteiger charge is -2.09. The quantitative estimate of drug-likeness (QED) is 0.775. The summed E-state index contributed by atoms with van der Waals surface area (Å²) in [5.41, 5.74) is 2.27. The van der Waals surface area contributed by atoms with Gasteiger partial charge in [-0.15, -0.1) is 0 Å². The maximum Gasteiger partial charge on any atom is 0.153 e. The number of hydrogen-bond donors (Lipinski definition) is 0. The van der Waals surface area contributed by atoms with Crippen LogP contribution in [0.5, 0.6) is 5.75 Å². The lowest BCUT2D eigenvalue weighted by Crippen LogP contribution is -2.05. The first kappa shape index (κ1) is 14.3. The molecule has 3 rings (SSSR count). The van der Waals surface area contributed by atoms with Crippen molar-refractivity contribution >= 4 is 22.2 Å². The Kier molecular flexibility index (Phi) is 4.10. The fourth-order valence-corrected chi connectivity index (χ4v) is 3.42. The first-order chi connectivity index (χ1) is 10.2. The van der Waals surface area contributed by atoms with Gasteiger partial charge >= 0.3 is 0 Å². The zero-order valence-corrected chi connectivity index (χ0v) is 13.5. The van der Waals surface area contributed by atoms with Crippen LogP contribution in [0.4, 0.5) is 0 Å². The third kappa shape index (κ3) is 2.75. The van der Waals surface area contributed by atoms with Crippen molar-refractivity contribution in [2.24, 2.45) is 0 Å². The van der Waals surface area contributed by atoms with Gasteiger partial charge in [-0.3, -0.25) is 9.48 Å². The number of benzene rings is 1. The highest BCUT2D eigenvalue weighted by molar-refractivity contribution is 9.10. The molecule has 4 nitrogen and oxygen atoms in total. The first-order valence-corrected chi connectivity index (χ1v) is 7.90. The smallest absolute Gasteiger partial charge is 0.153 e. The van der Waals surface area contributed by atoms with E-state index < -0.39 is 0 Å². The molecule has 5 heteroatoms. The van der Waals surface area contributed by atoms with Crippen LogP contribution in [0.3, 0.4) is 0 Å². The van der Waals surface area contributed by atoms with Crippen molar-refractivity contribution in [1.82, 2.24) is 9.78 Å². The summed E-state index contributed by atoms with van der Waals surface area (Å²) in [6.07, 6.45) is 7.51. The molecule has 0 bridgehead atoms. The Labute approximate surface area is 132 Å². The number of rotatable bonds is 4. The van der Waals surface area contributed by atoms with Crippen LogP contribution in [0.2, 0.25) is 0 Å². The number of ether oxygens (including phenoxy) is 1. The highest BCUT2D eigenvalue weighted by Gasteiger charge is 2.21. The minimum atomic E-state index is 0.425. The Bertz CT molecular complexity index is 660. The maximum absolute atomic E-state index is 11.4. The van der Waals surface area contributed by atoms with Gasteiger partial charge in [0.15, 0.2) is 6.29 Å². The molecule has 21 heavy (non-hydrogen) atoms. The van der Waals surface area contributed by atoms with E-state index in [2.05, 4.69) is 21.0 Å². The summed E-state index contributed by atoms with van der Waals surface area (Å²) in [6, 6.07) is 6.12. The number of hydrogen-bond acceptors (Lipinski definition) is 3. The summed E-state index contributed by atoms with van der Waals surface area (Å²) in [7, 11) is 1.63. The van der Waals surface area contributed by atoms with Crippen LogP contribution in [0.25, 0.3) is 11.3 Å². The lowest BCUT2D eigenvalue weighted by atomic mass is 10.1.